The molecule has 0 saturated carbocycles. The fourth-order valence-corrected chi connectivity index (χ4v) is 4.59. The number of aliphatic hydroxyl groups is 2. The van der Waals surface area contributed by atoms with E-state index in [0.29, 0.717) is 0 Å². The van der Waals surface area contributed by atoms with Crippen molar-refractivity contribution in [2.75, 3.05) is 6.54 Å². The number of aliphatic hydroxyl groups excluding tert-OH is 1. The first-order chi connectivity index (χ1) is 13.2. The Labute approximate surface area is 167 Å². The number of hydrogen-bond acceptors (Lipinski definition) is 7. The van der Waals surface area contributed by atoms with Gasteiger partial charge in [0.2, 0.25) is 0 Å². The zero-order valence-corrected chi connectivity index (χ0v) is 17.5. The lowest BCUT2D eigenvalue weighted by Crippen LogP contribution is -2.41. The molecule has 0 saturated heterocycles. The minimum absolute atomic E-state index is 0.00476. The van der Waals surface area contributed by atoms with Crippen LogP contribution in [0.1, 0.15) is 18.4 Å². The monoisotopic (exact) mass is 455 g/mol. The second-order valence-corrected chi connectivity index (χ2v) is 10.7. The van der Waals surface area contributed by atoms with Crippen LogP contribution in [0.3, 0.4) is 0 Å². The Balaban J connectivity index is 2.79. The van der Waals surface area contributed by atoms with Crippen molar-refractivity contribution >= 4 is 28.0 Å². The summed E-state index contributed by atoms with van der Waals surface area (Å²) in [5.41, 5.74) is 0.0195. The van der Waals surface area contributed by atoms with E-state index >= 15 is 0 Å². The molecule has 29 heavy (non-hydrogen) atoms. The van der Waals surface area contributed by atoms with Gasteiger partial charge in [-0.15, -0.1) is 0 Å². The van der Waals surface area contributed by atoms with Crippen LogP contribution in [0.25, 0.3) is 0 Å². The molecule has 1 atom stereocenters. The number of Topliss-reactive ketones (excluding diaryl/α,β-unsaturated/α-hetero) is 1. The molecule has 1 aromatic rings. The number of pyridine rings is 1. The minimum Gasteiger partial charge on any atom is -0.437 e. The summed E-state index contributed by atoms with van der Waals surface area (Å²) < 4.78 is 24.3. The molecule has 0 fully saturated rings. The van der Waals surface area contributed by atoms with Crippen molar-refractivity contribution in [3.8, 4) is 0 Å². The molecule has 0 radical (unpaired) electrons. The number of aromatic nitrogens is 1. The van der Waals surface area contributed by atoms with E-state index in [0.717, 1.165) is 0 Å². The maximum absolute atomic E-state index is 11.6. The predicted octanol–water partition coefficient (Wildman–Crippen LogP) is -2.07. The number of ketones is 1. The molecule has 0 aliphatic rings. The lowest BCUT2D eigenvalue weighted by molar-refractivity contribution is -0.704. The fraction of sp³-hybridized carbons (Fsp3) is 0.571. The lowest BCUT2D eigenvalue weighted by Gasteiger charge is -2.28. The molecule has 0 aliphatic heterocycles. The molecule has 1 aromatic heterocycles. The van der Waals surface area contributed by atoms with Crippen molar-refractivity contribution in [1.82, 2.24) is 5.23 Å². The van der Waals surface area contributed by atoms with Gasteiger partial charge in [0, 0.05) is 31.0 Å². The third-order valence-corrected chi connectivity index (χ3v) is 7.81. The van der Waals surface area contributed by atoms with Gasteiger partial charge in [-0.25, -0.2) is 4.57 Å². The van der Waals surface area contributed by atoms with Crippen LogP contribution >= 0.6 is 15.2 Å². The summed E-state index contributed by atoms with van der Waals surface area (Å²) in [6, 6.07) is 2.73. The van der Waals surface area contributed by atoms with Crippen LogP contribution in [0.2, 0.25) is 6.82 Å². The molecule has 164 valence electrons. The summed E-state index contributed by atoms with van der Waals surface area (Å²) in [5.74, 6) is -0.211. The molecule has 15 heteroatoms. The van der Waals surface area contributed by atoms with Gasteiger partial charge >= 0.3 is 22.2 Å². The second kappa shape index (κ2) is 10.4. The molecule has 0 aliphatic carbocycles. The molecule has 0 bridgehead atoms. The minimum atomic E-state index is -5.58. The number of carbonyl (C=O) groups excluding carboxylic acids is 1. The molecule has 0 spiro atoms. The van der Waals surface area contributed by atoms with Gasteiger partial charge in [-0.1, -0.05) is 0 Å². The van der Waals surface area contributed by atoms with Gasteiger partial charge in [0.25, 0.3) is 5.08 Å². The Hall–Kier alpha value is -0.975. The second-order valence-electron chi connectivity index (χ2n) is 6.74. The Morgan fingerprint density at radius 3 is 2.38 bits per heavy atom. The van der Waals surface area contributed by atoms with Gasteiger partial charge in [-0.05, 0) is 19.3 Å². The fourth-order valence-electron chi connectivity index (χ4n) is 2.46. The largest absolute Gasteiger partial charge is 0.437 e. The zero-order valence-electron chi connectivity index (χ0n) is 15.7. The third-order valence-electron chi connectivity index (χ3n) is 4.07. The van der Waals surface area contributed by atoms with Crippen LogP contribution < -0.4 is 9.79 Å². The van der Waals surface area contributed by atoms with E-state index in [1.54, 1.807) is 0 Å². The molecule has 1 heterocycles. The number of nitrogens with one attached hydrogen (secondary N) is 1. The molecular weight excluding hydrogens is 429 g/mol. The molecule has 0 aromatic carbocycles. The third kappa shape index (κ3) is 7.99. The van der Waals surface area contributed by atoms with Crippen LogP contribution in [0.5, 0.6) is 0 Å². The number of nitrogens with zero attached hydrogens (tertiary/aromatic N) is 1. The topological polar surface area (TPSA) is 209 Å². The average molecular weight is 455 g/mol. The van der Waals surface area contributed by atoms with Crippen LogP contribution in [-0.4, -0.2) is 65.4 Å². The predicted molar refractivity (Wildman–Crippen MR) is 101 cm³/mol. The zero-order chi connectivity index (χ0) is 22.5. The molecule has 1 unspecified atom stereocenters. The van der Waals surface area contributed by atoms with Gasteiger partial charge in [0.1, 0.15) is 11.9 Å². The summed E-state index contributed by atoms with van der Waals surface area (Å²) >= 11 is 0. The van der Waals surface area contributed by atoms with Crippen molar-refractivity contribution in [2.45, 2.75) is 43.8 Å². The highest BCUT2D eigenvalue weighted by Gasteiger charge is 2.59. The Kier molecular flexibility index (Phi) is 9.31. The maximum atomic E-state index is 11.6. The summed E-state index contributed by atoms with van der Waals surface area (Å²) in [6.45, 7) is 1.41. The van der Waals surface area contributed by atoms with Crippen molar-refractivity contribution in [1.29, 1.82) is 0 Å². The van der Waals surface area contributed by atoms with Crippen LogP contribution in [0.15, 0.2) is 24.5 Å². The summed E-state index contributed by atoms with van der Waals surface area (Å²) in [5, 5.41) is 28.1. The lowest BCUT2D eigenvalue weighted by atomic mass is 9.88. The summed E-state index contributed by atoms with van der Waals surface area (Å²) in [6.07, 6.45) is 0.979. The van der Waals surface area contributed by atoms with Gasteiger partial charge < -0.3 is 40.0 Å². The van der Waals surface area contributed by atoms with Gasteiger partial charge in [-0.2, -0.15) is 0 Å². The Bertz CT molecular complexity index is 774. The van der Waals surface area contributed by atoms with Crippen molar-refractivity contribution in [3.63, 3.8) is 0 Å². The number of rotatable bonds is 12. The van der Waals surface area contributed by atoms with Crippen LogP contribution in [-0.2, 0) is 26.9 Å². The Morgan fingerprint density at radius 1 is 1.28 bits per heavy atom. The van der Waals surface area contributed by atoms with Crippen molar-refractivity contribution in [2.24, 2.45) is 0 Å². The Morgan fingerprint density at radius 2 is 1.86 bits per heavy atom. The van der Waals surface area contributed by atoms with E-state index in [-0.39, 0.29) is 37.3 Å². The van der Waals surface area contributed by atoms with E-state index in [1.165, 1.54) is 35.9 Å². The molecular formula is C14H26BN2O10P2+. The molecule has 1 rings (SSSR count). The smallest absolute Gasteiger partial charge is 0.373 e. The van der Waals surface area contributed by atoms with Gasteiger partial charge in [-0.3, -0.25) is 13.9 Å². The molecule has 12 nitrogen and oxygen atoms in total. The maximum Gasteiger partial charge on any atom is 0.373 e. The number of hydrogen-bond donors (Lipinski definition) is 8. The summed E-state index contributed by atoms with van der Waals surface area (Å²) in [7, 11) is -12.0. The highest BCUT2D eigenvalue weighted by molar-refractivity contribution is 7.72. The highest BCUT2D eigenvalue weighted by Crippen LogP contribution is 2.68. The van der Waals surface area contributed by atoms with E-state index < -0.39 is 39.9 Å². The normalized spacial score (nSPS) is 13.9. The van der Waals surface area contributed by atoms with Crippen LogP contribution in [0.4, 0.5) is 0 Å². The first-order valence-electron chi connectivity index (χ1n) is 8.58. The van der Waals surface area contributed by atoms with Gasteiger partial charge in [0.15, 0.2) is 18.9 Å². The van der Waals surface area contributed by atoms with Crippen LogP contribution in [0, 0.1) is 0 Å². The highest BCUT2D eigenvalue weighted by atomic mass is 31.2. The average Bonchev–Trinajstić information content (AvgIpc) is 2.56. The molecule has 0 amide bonds. The van der Waals surface area contributed by atoms with E-state index in [9.17, 15) is 43.7 Å². The van der Waals surface area contributed by atoms with E-state index in [2.05, 4.69) is 5.23 Å². The first kappa shape index (κ1) is 26.1. The van der Waals surface area contributed by atoms with Gasteiger partial charge in [0.05, 0.1) is 0 Å². The SMILES string of the molecule is CB(O)NCC(=O)CCC(O)C[n+]1cccc(CC(O)(P(=O)(O)O)P(=O)(O)O)c1. The first-order valence-corrected chi connectivity index (χ1v) is 11.8. The van der Waals surface area contributed by atoms with E-state index in [4.69, 9.17) is 5.02 Å². The quantitative estimate of drug-likeness (QED) is 0.0975. The standard InChI is InChI=1S/C14H25BN2O10P2/c1-15(21)16-8-12(18)4-5-13(19)10-17-6-2-3-11(9-17)7-14(20,28(22,23)24)29(25,26)27/h2-3,6,9,13,16,19-21H,4-5,7-8,10H2,1H3,(H3-,22,23,24,25,26,27)/p+1. The van der Waals surface area contributed by atoms with Crippen molar-refractivity contribution in [3.05, 3.63) is 30.1 Å². The van der Waals surface area contributed by atoms with E-state index in [1.807, 2.05) is 0 Å². The summed E-state index contributed by atoms with van der Waals surface area (Å²) in [4.78, 5) is 48.5. The van der Waals surface area contributed by atoms with Crippen molar-refractivity contribution < 1.29 is 53.3 Å². The molecule has 8 N–H and O–H groups in total. The number of carbonyl (C=O) groups is 1.